The molecule has 3 aromatic heterocycles. The lowest BCUT2D eigenvalue weighted by atomic mass is 9.92. The Hall–Kier alpha value is -10.8. The van der Waals surface area contributed by atoms with E-state index in [0.717, 1.165) is 94.4 Å². The van der Waals surface area contributed by atoms with Gasteiger partial charge in [-0.15, -0.1) is 0 Å². The Morgan fingerprint density at radius 1 is 0.237 bits per heavy atom. The second kappa shape index (κ2) is 19.7. The molecule has 12 aromatic carbocycles. The maximum atomic E-state index is 6.45. The minimum absolute atomic E-state index is 0.588. The van der Waals surface area contributed by atoms with Gasteiger partial charge in [-0.2, -0.15) is 0 Å². The molecule has 0 unspecified atom stereocenters. The number of nitrogens with zero attached hydrogens (tertiary/aromatic N) is 4. The van der Waals surface area contributed by atoms with E-state index < -0.39 is 0 Å². The van der Waals surface area contributed by atoms with Gasteiger partial charge < -0.3 is 8.98 Å². The number of hydrogen-bond donors (Lipinski definition) is 0. The van der Waals surface area contributed by atoms with E-state index in [2.05, 4.69) is 284 Å². The molecular formula is C75H48N4O. The number of hydrogen-bond acceptors (Lipinski definition) is 4. The average Bonchev–Trinajstić information content (AvgIpc) is 4.11. The molecule has 0 radical (unpaired) electrons. The van der Waals surface area contributed by atoms with Gasteiger partial charge in [-0.1, -0.05) is 237 Å². The number of benzene rings is 12. The summed E-state index contributed by atoms with van der Waals surface area (Å²) in [5.74, 6) is 1.77. The Morgan fingerprint density at radius 3 is 1.25 bits per heavy atom. The van der Waals surface area contributed by atoms with Crippen LogP contribution in [0.3, 0.4) is 0 Å². The van der Waals surface area contributed by atoms with Crippen molar-refractivity contribution in [3.05, 3.63) is 291 Å². The maximum Gasteiger partial charge on any atom is 0.164 e. The third-order valence-corrected chi connectivity index (χ3v) is 15.5. The molecule has 5 heteroatoms. The van der Waals surface area contributed by atoms with E-state index >= 15 is 0 Å². The van der Waals surface area contributed by atoms with Gasteiger partial charge in [0.25, 0.3) is 0 Å². The fourth-order valence-corrected chi connectivity index (χ4v) is 11.6. The van der Waals surface area contributed by atoms with Crippen molar-refractivity contribution in [3.63, 3.8) is 0 Å². The predicted molar refractivity (Wildman–Crippen MR) is 330 cm³/mol. The third kappa shape index (κ3) is 8.42. The fourth-order valence-electron chi connectivity index (χ4n) is 11.6. The second-order valence-corrected chi connectivity index (χ2v) is 20.3. The van der Waals surface area contributed by atoms with E-state index in [1.165, 1.54) is 38.5 Å². The van der Waals surface area contributed by atoms with Gasteiger partial charge in [0.15, 0.2) is 17.5 Å². The summed E-state index contributed by atoms with van der Waals surface area (Å²) in [6.07, 6.45) is 0. The van der Waals surface area contributed by atoms with Crippen molar-refractivity contribution < 1.29 is 4.42 Å². The van der Waals surface area contributed by atoms with E-state index in [0.29, 0.717) is 17.5 Å². The summed E-state index contributed by atoms with van der Waals surface area (Å²) in [6.45, 7) is 0. The minimum atomic E-state index is 0.588. The van der Waals surface area contributed by atoms with Crippen molar-refractivity contribution in [1.29, 1.82) is 0 Å². The van der Waals surface area contributed by atoms with Crippen LogP contribution in [-0.4, -0.2) is 19.5 Å². The van der Waals surface area contributed by atoms with E-state index in [1.807, 2.05) is 12.1 Å². The second-order valence-electron chi connectivity index (χ2n) is 20.3. The zero-order chi connectivity index (χ0) is 52.9. The van der Waals surface area contributed by atoms with Crippen molar-refractivity contribution in [2.45, 2.75) is 0 Å². The standard InChI is InChI=1S/C75H48N4O/c1-2-18-50(19-3-1)62-30-4-5-31-63(62)57-25-13-21-53(45-57)54-22-14-27-59(46-54)74-76-73(51-42-40-49(41-43-51)52-20-12-26-58(44-52)64-35-17-36-68-67-34-8-11-39-71(67)80-72(64)68)77-75(78-74)60-28-15-23-55(47-60)56-24-16-29-61(48-56)79-69-37-9-6-32-65(69)66-33-7-10-38-70(66)79/h1-48H. The molecule has 0 atom stereocenters. The number of furan rings is 1. The molecule has 0 amide bonds. The van der Waals surface area contributed by atoms with Gasteiger partial charge >= 0.3 is 0 Å². The molecule has 0 aliphatic rings. The van der Waals surface area contributed by atoms with Crippen LogP contribution in [0.2, 0.25) is 0 Å². The molecular weight excluding hydrogens is 973 g/mol. The molecule has 374 valence electrons. The van der Waals surface area contributed by atoms with Crippen molar-refractivity contribution in [1.82, 2.24) is 19.5 Å². The first kappa shape index (κ1) is 46.5. The van der Waals surface area contributed by atoms with E-state index in [4.69, 9.17) is 19.4 Å². The van der Waals surface area contributed by atoms with Crippen LogP contribution in [0.5, 0.6) is 0 Å². The number of aromatic nitrogens is 4. The first-order chi connectivity index (χ1) is 39.6. The number of rotatable bonds is 10. The molecule has 5 nitrogen and oxygen atoms in total. The Labute approximate surface area is 463 Å². The lowest BCUT2D eigenvalue weighted by molar-refractivity contribution is 0.670. The van der Waals surface area contributed by atoms with E-state index in [-0.39, 0.29) is 0 Å². The van der Waals surface area contributed by atoms with Crippen LogP contribution < -0.4 is 0 Å². The Balaban J connectivity index is 0.815. The quantitative estimate of drug-likeness (QED) is 0.137. The summed E-state index contributed by atoms with van der Waals surface area (Å²) >= 11 is 0. The van der Waals surface area contributed by atoms with Gasteiger partial charge in [-0.05, 0) is 116 Å². The third-order valence-electron chi connectivity index (χ3n) is 15.5. The Bertz CT molecular complexity index is 4790. The van der Waals surface area contributed by atoms with Crippen molar-refractivity contribution in [2.75, 3.05) is 0 Å². The zero-order valence-corrected chi connectivity index (χ0v) is 43.4. The highest BCUT2D eigenvalue weighted by Crippen LogP contribution is 2.40. The molecule has 0 aliphatic heterocycles. The maximum absolute atomic E-state index is 6.45. The zero-order valence-electron chi connectivity index (χ0n) is 43.4. The normalized spacial score (nSPS) is 11.5. The molecule has 0 spiro atoms. The number of para-hydroxylation sites is 4. The molecule has 15 aromatic rings. The van der Waals surface area contributed by atoms with Gasteiger partial charge in [0.1, 0.15) is 11.2 Å². The Morgan fingerprint density at radius 2 is 0.625 bits per heavy atom. The highest BCUT2D eigenvalue weighted by molar-refractivity contribution is 6.10. The molecule has 0 bridgehead atoms. The molecule has 0 fully saturated rings. The molecule has 0 aliphatic carbocycles. The van der Waals surface area contributed by atoms with Gasteiger partial charge in [0, 0.05) is 49.5 Å². The first-order valence-corrected chi connectivity index (χ1v) is 27.1. The van der Waals surface area contributed by atoms with Crippen LogP contribution in [0.15, 0.2) is 296 Å². The van der Waals surface area contributed by atoms with Gasteiger partial charge in [-0.3, -0.25) is 0 Å². The van der Waals surface area contributed by atoms with E-state index in [1.54, 1.807) is 0 Å². The topological polar surface area (TPSA) is 56.7 Å². The van der Waals surface area contributed by atoms with Crippen LogP contribution in [0.4, 0.5) is 0 Å². The van der Waals surface area contributed by atoms with Crippen molar-refractivity contribution in [2.24, 2.45) is 0 Å². The number of fused-ring (bicyclic) bond motifs is 6. The fraction of sp³-hybridized carbons (Fsp3) is 0. The lowest BCUT2D eigenvalue weighted by Crippen LogP contribution is -2.00. The SMILES string of the molecule is c1ccc(-c2ccccc2-c2cccc(-c3cccc(-c4nc(-c5ccc(-c6cccc(-c7cccc8c7oc7ccccc78)c6)cc5)nc(-c5cccc(-c6cccc(-n7c8ccccc8c8ccccc87)c6)c5)n4)c3)c2)cc1. The molecule has 3 heterocycles. The summed E-state index contributed by atoms with van der Waals surface area (Å²) in [7, 11) is 0. The molecule has 0 saturated heterocycles. The molecule has 15 rings (SSSR count). The van der Waals surface area contributed by atoms with Crippen LogP contribution in [0.1, 0.15) is 0 Å². The van der Waals surface area contributed by atoms with Gasteiger partial charge in [-0.25, -0.2) is 15.0 Å². The monoisotopic (exact) mass is 1020 g/mol. The highest BCUT2D eigenvalue weighted by Gasteiger charge is 2.18. The van der Waals surface area contributed by atoms with Crippen LogP contribution in [0, 0.1) is 0 Å². The largest absolute Gasteiger partial charge is 0.455 e. The predicted octanol–water partition coefficient (Wildman–Crippen LogP) is 19.9. The van der Waals surface area contributed by atoms with Crippen molar-refractivity contribution in [3.8, 4) is 107 Å². The van der Waals surface area contributed by atoms with Crippen LogP contribution >= 0.6 is 0 Å². The molecule has 80 heavy (non-hydrogen) atoms. The average molecular weight is 1020 g/mol. The summed E-state index contributed by atoms with van der Waals surface area (Å²) in [5, 5.41) is 4.70. The van der Waals surface area contributed by atoms with Gasteiger partial charge in [0.2, 0.25) is 0 Å². The van der Waals surface area contributed by atoms with Crippen LogP contribution in [0.25, 0.3) is 150 Å². The first-order valence-electron chi connectivity index (χ1n) is 27.1. The van der Waals surface area contributed by atoms with Crippen LogP contribution in [-0.2, 0) is 0 Å². The van der Waals surface area contributed by atoms with Gasteiger partial charge in [0.05, 0.1) is 11.0 Å². The molecule has 0 saturated carbocycles. The van der Waals surface area contributed by atoms with E-state index in [9.17, 15) is 0 Å². The summed E-state index contributed by atoms with van der Waals surface area (Å²) in [5.41, 5.74) is 21.3. The summed E-state index contributed by atoms with van der Waals surface area (Å²) < 4.78 is 8.82. The smallest absolute Gasteiger partial charge is 0.164 e. The summed E-state index contributed by atoms with van der Waals surface area (Å²) in [4.78, 5) is 15.9. The van der Waals surface area contributed by atoms with Crippen molar-refractivity contribution >= 4 is 43.7 Å². The Kier molecular flexibility index (Phi) is 11.4. The summed E-state index contributed by atoms with van der Waals surface area (Å²) in [6, 6.07) is 103. The highest BCUT2D eigenvalue weighted by atomic mass is 16.3. The molecule has 0 N–H and O–H groups in total. The minimum Gasteiger partial charge on any atom is -0.455 e. The lowest BCUT2D eigenvalue weighted by Gasteiger charge is -2.13.